The van der Waals surface area contributed by atoms with Gasteiger partial charge in [-0.15, -0.1) is 0 Å². The quantitative estimate of drug-likeness (QED) is 0.422. The van der Waals surface area contributed by atoms with E-state index in [9.17, 15) is 18.0 Å². The number of benzene rings is 2. The largest absolute Gasteiger partial charge is 0.419 e. The lowest BCUT2D eigenvalue weighted by Crippen LogP contribution is -2.44. The normalized spacial score (nSPS) is 12.8. The molecular formula is C22H28N4O5S2. The third-order valence-electron chi connectivity index (χ3n) is 4.98. The summed E-state index contributed by atoms with van der Waals surface area (Å²) in [6, 6.07) is 11.9. The number of rotatable bonds is 11. The van der Waals surface area contributed by atoms with Gasteiger partial charge in [-0.05, 0) is 62.9 Å². The van der Waals surface area contributed by atoms with Crippen LogP contribution in [0.3, 0.4) is 0 Å². The zero-order valence-corrected chi connectivity index (χ0v) is 20.4. The molecule has 2 aromatic carbocycles. The number of hydrogen-bond acceptors (Lipinski definition) is 7. The number of anilines is 1. The van der Waals surface area contributed by atoms with Crippen molar-refractivity contribution in [1.29, 1.82) is 0 Å². The smallest absolute Gasteiger partial charge is 0.408 e. The molecule has 3 rings (SSSR count). The molecule has 0 fully saturated rings. The molecule has 1 aromatic heterocycles. The third kappa shape index (κ3) is 6.47. The molecule has 1 atom stereocenters. The van der Waals surface area contributed by atoms with Crippen molar-refractivity contribution in [2.75, 3.05) is 38.0 Å². The number of sulfonamides is 1. The number of aromatic nitrogens is 1. The Morgan fingerprint density at radius 1 is 1.18 bits per heavy atom. The van der Waals surface area contributed by atoms with Gasteiger partial charge in [0.1, 0.15) is 6.04 Å². The fraction of sp³-hybridized carbons (Fsp3) is 0.364. The molecule has 0 aliphatic heterocycles. The van der Waals surface area contributed by atoms with Gasteiger partial charge in [0.05, 0.1) is 10.4 Å². The van der Waals surface area contributed by atoms with Crippen LogP contribution in [0.1, 0.15) is 6.42 Å². The van der Waals surface area contributed by atoms with Gasteiger partial charge in [0.25, 0.3) is 0 Å². The predicted octanol–water partition coefficient (Wildman–Crippen LogP) is 2.19. The Bertz CT molecular complexity index is 1250. The minimum atomic E-state index is -3.87. The minimum Gasteiger partial charge on any atom is -0.408 e. The molecule has 1 unspecified atom stereocenters. The zero-order chi connectivity index (χ0) is 24.0. The highest BCUT2D eigenvalue weighted by molar-refractivity contribution is 7.98. The second-order valence-electron chi connectivity index (χ2n) is 7.76. The average Bonchev–Trinajstić information content (AvgIpc) is 3.09. The number of fused-ring (bicyclic) bond motifs is 1. The van der Waals surface area contributed by atoms with Gasteiger partial charge < -0.3 is 14.6 Å². The van der Waals surface area contributed by atoms with Crippen LogP contribution in [0.25, 0.3) is 11.1 Å². The van der Waals surface area contributed by atoms with E-state index in [2.05, 4.69) is 10.0 Å². The summed E-state index contributed by atoms with van der Waals surface area (Å²) in [6.07, 6.45) is 2.21. The second kappa shape index (κ2) is 11.0. The van der Waals surface area contributed by atoms with Crippen molar-refractivity contribution in [1.82, 2.24) is 14.2 Å². The lowest BCUT2D eigenvalue weighted by molar-refractivity contribution is -0.117. The summed E-state index contributed by atoms with van der Waals surface area (Å²) >= 11 is 1.52. The second-order valence-corrected chi connectivity index (χ2v) is 10.5. The van der Waals surface area contributed by atoms with Crippen LogP contribution in [0.15, 0.2) is 62.6 Å². The molecular weight excluding hydrogens is 464 g/mol. The topological polar surface area (TPSA) is 114 Å². The van der Waals surface area contributed by atoms with Gasteiger partial charge in [0.15, 0.2) is 5.58 Å². The Kier molecular flexibility index (Phi) is 8.35. The minimum absolute atomic E-state index is 0.0941. The number of hydrogen-bond donors (Lipinski definition) is 2. The summed E-state index contributed by atoms with van der Waals surface area (Å²) in [7, 11) is -0.0521. The van der Waals surface area contributed by atoms with Crippen LogP contribution < -0.4 is 15.8 Å². The molecule has 0 saturated carbocycles. The molecule has 0 aliphatic rings. The predicted molar refractivity (Wildman–Crippen MR) is 131 cm³/mol. The van der Waals surface area contributed by atoms with E-state index in [1.807, 2.05) is 25.3 Å². The molecule has 33 heavy (non-hydrogen) atoms. The summed E-state index contributed by atoms with van der Waals surface area (Å²) in [5, 5.41) is 2.78. The number of carbonyl (C=O) groups excluding carboxylic acids is 1. The number of amides is 1. The first kappa shape index (κ1) is 25.0. The lowest BCUT2D eigenvalue weighted by atomic mass is 10.2. The number of nitrogens with one attached hydrogen (secondary N) is 2. The first-order chi connectivity index (χ1) is 15.7. The molecule has 1 amide bonds. The zero-order valence-electron chi connectivity index (χ0n) is 18.8. The molecule has 11 heteroatoms. The van der Waals surface area contributed by atoms with Crippen molar-refractivity contribution in [3.63, 3.8) is 0 Å². The Balaban J connectivity index is 1.82. The van der Waals surface area contributed by atoms with Crippen LogP contribution >= 0.6 is 11.8 Å². The average molecular weight is 493 g/mol. The number of oxazole rings is 1. The van der Waals surface area contributed by atoms with Crippen molar-refractivity contribution >= 4 is 44.5 Å². The van der Waals surface area contributed by atoms with Crippen molar-refractivity contribution in [2.24, 2.45) is 0 Å². The van der Waals surface area contributed by atoms with Crippen molar-refractivity contribution in [2.45, 2.75) is 23.9 Å². The van der Waals surface area contributed by atoms with Gasteiger partial charge >= 0.3 is 5.76 Å². The maximum atomic E-state index is 13.0. The highest BCUT2D eigenvalue weighted by Gasteiger charge is 2.25. The molecule has 3 aromatic rings. The molecule has 2 N–H and O–H groups in total. The Morgan fingerprint density at radius 2 is 1.91 bits per heavy atom. The molecule has 0 aliphatic carbocycles. The van der Waals surface area contributed by atoms with Gasteiger partial charge in [-0.25, -0.2) is 13.2 Å². The molecule has 0 spiro atoms. The first-order valence-corrected chi connectivity index (χ1v) is 13.2. The van der Waals surface area contributed by atoms with Crippen molar-refractivity contribution in [3.8, 4) is 0 Å². The van der Waals surface area contributed by atoms with Crippen molar-refractivity contribution in [3.05, 3.63) is 59.1 Å². The SMILES string of the molecule is CSCCC(NS(=O)(=O)c1ccccc1)C(=O)Nc1ccc2oc(=O)n(CCN(C)C)c2c1. The van der Waals surface area contributed by atoms with Crippen LogP contribution in [0, 0.1) is 0 Å². The van der Waals surface area contributed by atoms with Gasteiger partial charge in [0, 0.05) is 18.8 Å². The van der Waals surface area contributed by atoms with Gasteiger partial charge in [-0.2, -0.15) is 16.5 Å². The fourth-order valence-electron chi connectivity index (χ4n) is 3.22. The Hall–Kier alpha value is -2.60. The van der Waals surface area contributed by atoms with Crippen LogP contribution in [0.4, 0.5) is 5.69 Å². The molecule has 0 radical (unpaired) electrons. The van der Waals surface area contributed by atoms with Crippen LogP contribution in [-0.4, -0.2) is 62.5 Å². The Morgan fingerprint density at radius 3 is 2.58 bits per heavy atom. The summed E-state index contributed by atoms with van der Waals surface area (Å²) in [5.41, 5.74) is 1.42. The van der Waals surface area contributed by atoms with E-state index in [1.165, 1.54) is 28.5 Å². The highest BCUT2D eigenvalue weighted by atomic mass is 32.2. The van der Waals surface area contributed by atoms with Crippen molar-refractivity contribution < 1.29 is 17.6 Å². The summed E-state index contributed by atoms with van der Waals surface area (Å²) in [6.45, 7) is 1.08. The van der Waals surface area contributed by atoms with Gasteiger partial charge in [0.2, 0.25) is 15.9 Å². The van der Waals surface area contributed by atoms with Crippen LogP contribution in [0.2, 0.25) is 0 Å². The van der Waals surface area contributed by atoms with E-state index in [1.54, 1.807) is 36.4 Å². The van der Waals surface area contributed by atoms with E-state index in [0.29, 0.717) is 42.1 Å². The maximum absolute atomic E-state index is 13.0. The van der Waals surface area contributed by atoms with E-state index < -0.39 is 27.7 Å². The molecule has 0 bridgehead atoms. The van der Waals surface area contributed by atoms with Gasteiger partial charge in [-0.1, -0.05) is 18.2 Å². The van der Waals surface area contributed by atoms with E-state index in [0.717, 1.165) is 0 Å². The van der Waals surface area contributed by atoms with E-state index in [-0.39, 0.29) is 4.90 Å². The number of likely N-dealkylation sites (N-methyl/N-ethyl adjacent to an activating group) is 1. The highest BCUT2D eigenvalue weighted by Crippen LogP contribution is 2.19. The molecule has 9 nitrogen and oxygen atoms in total. The molecule has 0 saturated heterocycles. The number of thioether (sulfide) groups is 1. The molecule has 178 valence electrons. The first-order valence-electron chi connectivity index (χ1n) is 10.4. The number of carbonyl (C=O) groups is 1. The standard InChI is InChI=1S/C22H28N4O5S2/c1-25(2)12-13-26-19-15-16(9-10-20(19)31-22(26)28)23-21(27)18(11-14-32-3)24-33(29,30)17-7-5-4-6-8-17/h4-10,15,18,24H,11-14H2,1-3H3,(H,23,27). The Labute approximate surface area is 197 Å². The van der Waals surface area contributed by atoms with E-state index >= 15 is 0 Å². The van der Waals surface area contributed by atoms with Crippen LogP contribution in [-0.2, 0) is 21.4 Å². The molecule has 1 heterocycles. The fourth-order valence-corrected chi connectivity index (χ4v) is 4.94. The lowest BCUT2D eigenvalue weighted by Gasteiger charge is -2.18. The third-order valence-corrected chi connectivity index (χ3v) is 7.12. The number of nitrogens with zero attached hydrogens (tertiary/aromatic N) is 2. The maximum Gasteiger partial charge on any atom is 0.419 e. The summed E-state index contributed by atoms with van der Waals surface area (Å²) < 4.78 is 34.8. The van der Waals surface area contributed by atoms with E-state index in [4.69, 9.17) is 4.42 Å². The monoisotopic (exact) mass is 492 g/mol. The van der Waals surface area contributed by atoms with Crippen LogP contribution in [0.5, 0.6) is 0 Å². The summed E-state index contributed by atoms with van der Waals surface area (Å²) in [5.74, 6) is -0.349. The summed E-state index contributed by atoms with van der Waals surface area (Å²) in [4.78, 5) is 27.3. The van der Waals surface area contributed by atoms with Gasteiger partial charge in [-0.3, -0.25) is 9.36 Å².